The van der Waals surface area contributed by atoms with Crippen LogP contribution in [0.5, 0.6) is 0 Å². The largest absolute Gasteiger partial charge is 0.481 e. The molecule has 1 atom stereocenters. The van der Waals surface area contributed by atoms with Gasteiger partial charge in [0.1, 0.15) is 0 Å². The van der Waals surface area contributed by atoms with E-state index in [1.165, 1.54) is 6.08 Å². The third-order valence-electron chi connectivity index (χ3n) is 1.58. The van der Waals surface area contributed by atoms with Gasteiger partial charge in [0.25, 0.3) is 0 Å². The zero-order valence-corrected chi connectivity index (χ0v) is 8.29. The minimum absolute atomic E-state index is 0.0387. The summed E-state index contributed by atoms with van der Waals surface area (Å²) in [4.78, 5) is 21.4. The summed E-state index contributed by atoms with van der Waals surface area (Å²) in [6.07, 6.45) is -3.98. The van der Waals surface area contributed by atoms with E-state index < -0.39 is 37.1 Å². The van der Waals surface area contributed by atoms with Gasteiger partial charge in [-0.15, -0.1) is 6.58 Å². The van der Waals surface area contributed by atoms with E-state index in [9.17, 15) is 22.8 Å². The Kier molecular flexibility index (Phi) is 5.55. The summed E-state index contributed by atoms with van der Waals surface area (Å²) in [7, 11) is 0. The van der Waals surface area contributed by atoms with E-state index in [0.29, 0.717) is 0 Å². The molecule has 16 heavy (non-hydrogen) atoms. The molecule has 0 amide bonds. The van der Waals surface area contributed by atoms with Crippen LogP contribution in [0.1, 0.15) is 12.8 Å². The van der Waals surface area contributed by atoms with Gasteiger partial charge in [0, 0.05) is 0 Å². The van der Waals surface area contributed by atoms with E-state index >= 15 is 0 Å². The number of rotatable bonds is 6. The van der Waals surface area contributed by atoms with Crippen molar-refractivity contribution in [3.8, 4) is 0 Å². The first-order valence-corrected chi connectivity index (χ1v) is 4.32. The van der Waals surface area contributed by atoms with Crippen LogP contribution in [0.15, 0.2) is 12.7 Å². The van der Waals surface area contributed by atoms with E-state index in [0.717, 1.165) is 0 Å². The van der Waals surface area contributed by atoms with Gasteiger partial charge in [-0.3, -0.25) is 9.59 Å². The van der Waals surface area contributed by atoms with Crippen LogP contribution in [0.4, 0.5) is 13.2 Å². The number of hydrogen-bond acceptors (Lipinski definition) is 3. The molecule has 0 aliphatic rings. The lowest BCUT2D eigenvalue weighted by Crippen LogP contribution is -2.26. The molecule has 0 heterocycles. The number of carboxylic acids is 1. The first-order valence-electron chi connectivity index (χ1n) is 4.32. The van der Waals surface area contributed by atoms with Crippen molar-refractivity contribution in [1.29, 1.82) is 0 Å². The maximum Gasteiger partial charge on any atom is 0.422 e. The molecule has 0 bridgehead atoms. The Bertz CT molecular complexity index is 272. The molecule has 7 heteroatoms. The fourth-order valence-corrected chi connectivity index (χ4v) is 0.946. The van der Waals surface area contributed by atoms with Crippen molar-refractivity contribution in [3.63, 3.8) is 0 Å². The molecule has 0 aromatic carbocycles. The van der Waals surface area contributed by atoms with Gasteiger partial charge < -0.3 is 9.84 Å². The van der Waals surface area contributed by atoms with Crippen LogP contribution in [0.2, 0.25) is 0 Å². The Morgan fingerprint density at radius 1 is 1.44 bits per heavy atom. The molecule has 0 saturated heterocycles. The molecule has 0 aliphatic carbocycles. The van der Waals surface area contributed by atoms with Gasteiger partial charge in [0.05, 0.1) is 12.3 Å². The van der Waals surface area contributed by atoms with E-state index in [2.05, 4.69) is 11.3 Å². The second kappa shape index (κ2) is 6.14. The minimum Gasteiger partial charge on any atom is -0.481 e. The second-order valence-electron chi connectivity index (χ2n) is 3.04. The van der Waals surface area contributed by atoms with Gasteiger partial charge in [0.2, 0.25) is 0 Å². The van der Waals surface area contributed by atoms with E-state index in [1.54, 1.807) is 0 Å². The molecule has 0 saturated carbocycles. The van der Waals surface area contributed by atoms with Gasteiger partial charge in [-0.25, -0.2) is 0 Å². The monoisotopic (exact) mass is 240 g/mol. The predicted octanol–water partition coefficient (Wildman–Crippen LogP) is 1.76. The van der Waals surface area contributed by atoms with Crippen LogP contribution < -0.4 is 0 Å². The summed E-state index contributed by atoms with van der Waals surface area (Å²) in [6.45, 7) is 1.57. The Morgan fingerprint density at radius 2 is 2.00 bits per heavy atom. The van der Waals surface area contributed by atoms with Crippen LogP contribution in [-0.4, -0.2) is 29.8 Å². The summed E-state index contributed by atoms with van der Waals surface area (Å²) in [5, 5.41) is 8.42. The second-order valence-corrected chi connectivity index (χ2v) is 3.04. The fourth-order valence-electron chi connectivity index (χ4n) is 0.946. The van der Waals surface area contributed by atoms with E-state index in [-0.39, 0.29) is 6.42 Å². The number of alkyl halides is 3. The fraction of sp³-hybridized carbons (Fsp3) is 0.556. The molecule has 4 nitrogen and oxygen atoms in total. The lowest BCUT2D eigenvalue weighted by Gasteiger charge is -2.13. The van der Waals surface area contributed by atoms with Crippen LogP contribution >= 0.6 is 0 Å². The van der Waals surface area contributed by atoms with Crippen molar-refractivity contribution in [3.05, 3.63) is 12.7 Å². The van der Waals surface area contributed by atoms with Gasteiger partial charge in [-0.2, -0.15) is 13.2 Å². The maximum atomic E-state index is 11.7. The Labute approximate surface area is 89.7 Å². The highest BCUT2D eigenvalue weighted by Crippen LogP contribution is 2.17. The first kappa shape index (κ1) is 14.5. The minimum atomic E-state index is -4.61. The number of carbonyl (C=O) groups is 2. The molecule has 0 aromatic rings. The van der Waals surface area contributed by atoms with E-state index in [4.69, 9.17) is 5.11 Å². The van der Waals surface area contributed by atoms with Crippen molar-refractivity contribution in [1.82, 2.24) is 0 Å². The first-order chi connectivity index (χ1) is 7.26. The quantitative estimate of drug-likeness (QED) is 0.567. The molecule has 1 N–H and O–H groups in total. The average Bonchev–Trinajstić information content (AvgIpc) is 2.11. The Morgan fingerprint density at radius 3 is 2.38 bits per heavy atom. The van der Waals surface area contributed by atoms with E-state index in [1.807, 2.05) is 0 Å². The Balaban J connectivity index is 4.27. The molecule has 0 unspecified atom stereocenters. The number of aliphatic carboxylic acids is 1. The summed E-state index contributed by atoms with van der Waals surface area (Å²) in [5.74, 6) is -3.59. The molecule has 0 spiro atoms. The molecule has 92 valence electrons. The predicted molar refractivity (Wildman–Crippen MR) is 47.6 cm³/mol. The SMILES string of the molecule is C=CC[C@@H](CC(=O)O)C(=O)OCC(F)(F)F. The third-order valence-corrected chi connectivity index (χ3v) is 1.58. The molecule has 0 aromatic heterocycles. The van der Waals surface area contributed by atoms with Gasteiger partial charge in [-0.1, -0.05) is 6.08 Å². The summed E-state index contributed by atoms with van der Waals surface area (Å²) in [6, 6.07) is 0. The number of ether oxygens (including phenoxy) is 1. The Hall–Kier alpha value is -1.53. The summed E-state index contributed by atoms with van der Waals surface area (Å²) in [5.41, 5.74) is 0. The molecule has 0 fully saturated rings. The topological polar surface area (TPSA) is 63.6 Å². The van der Waals surface area contributed by atoms with Crippen molar-refractivity contribution in [2.75, 3.05) is 6.61 Å². The van der Waals surface area contributed by atoms with Crippen molar-refractivity contribution < 1.29 is 32.6 Å². The number of carbonyl (C=O) groups excluding carboxylic acids is 1. The van der Waals surface area contributed by atoms with Crippen molar-refractivity contribution in [2.24, 2.45) is 5.92 Å². The van der Waals surface area contributed by atoms with Crippen molar-refractivity contribution >= 4 is 11.9 Å². The normalized spacial score (nSPS) is 12.9. The molecule has 0 rings (SSSR count). The van der Waals surface area contributed by atoms with Crippen LogP contribution in [0.25, 0.3) is 0 Å². The molecular weight excluding hydrogens is 229 g/mol. The molecular formula is C9H11F3O4. The lowest BCUT2D eigenvalue weighted by molar-refractivity contribution is -0.189. The highest BCUT2D eigenvalue weighted by Gasteiger charge is 2.31. The highest BCUT2D eigenvalue weighted by molar-refractivity contribution is 5.79. The standard InChI is InChI=1S/C9H11F3O4/c1-2-3-6(4-7(13)14)8(15)16-5-9(10,11)12/h2,6H,1,3-5H2,(H,13,14)/t6-/m0/s1. The maximum absolute atomic E-state index is 11.7. The zero-order valence-electron chi connectivity index (χ0n) is 8.29. The number of halogens is 3. The van der Waals surface area contributed by atoms with Crippen LogP contribution in [0.3, 0.4) is 0 Å². The van der Waals surface area contributed by atoms with Crippen molar-refractivity contribution in [2.45, 2.75) is 19.0 Å². The van der Waals surface area contributed by atoms with Crippen LogP contribution in [-0.2, 0) is 14.3 Å². The lowest BCUT2D eigenvalue weighted by atomic mass is 10.0. The third kappa shape index (κ3) is 6.86. The zero-order chi connectivity index (χ0) is 12.8. The molecule has 0 radical (unpaired) electrons. The smallest absolute Gasteiger partial charge is 0.422 e. The van der Waals surface area contributed by atoms with Gasteiger partial charge >= 0.3 is 18.1 Å². The summed E-state index contributed by atoms with van der Waals surface area (Å²) < 4.78 is 39.1. The van der Waals surface area contributed by atoms with Gasteiger partial charge in [0.15, 0.2) is 6.61 Å². The summed E-state index contributed by atoms with van der Waals surface area (Å²) >= 11 is 0. The van der Waals surface area contributed by atoms with Crippen LogP contribution in [0, 0.1) is 5.92 Å². The number of carboxylic acid groups (broad SMARTS) is 1. The number of esters is 1. The number of hydrogen-bond donors (Lipinski definition) is 1. The molecule has 0 aliphatic heterocycles. The highest BCUT2D eigenvalue weighted by atomic mass is 19.4. The average molecular weight is 240 g/mol. The van der Waals surface area contributed by atoms with Gasteiger partial charge in [-0.05, 0) is 6.42 Å². The number of allylic oxidation sites excluding steroid dienone is 1.